The molecule has 0 aliphatic carbocycles. The number of aromatic nitrogens is 3. The molecule has 0 atom stereocenters. The number of guanidine groups is 1. The zero-order valence-corrected chi connectivity index (χ0v) is 14.9. The topological polar surface area (TPSA) is 76.4 Å². The van der Waals surface area contributed by atoms with Crippen molar-refractivity contribution in [1.29, 1.82) is 0 Å². The van der Waals surface area contributed by atoms with Crippen molar-refractivity contribution in [2.45, 2.75) is 13.1 Å². The van der Waals surface area contributed by atoms with E-state index in [1.807, 2.05) is 61.6 Å². The molecule has 0 bridgehead atoms. The number of aryl methyl sites for hydroxylation is 1. The van der Waals surface area contributed by atoms with Gasteiger partial charge < -0.3 is 15.4 Å². The molecule has 1 heterocycles. The van der Waals surface area contributed by atoms with Gasteiger partial charge in [-0.25, -0.2) is 4.98 Å². The number of ether oxygens (including phenoxy) is 1. The Bertz CT molecular complexity index is 859. The Kier molecular flexibility index (Phi) is 5.82. The average molecular weight is 350 g/mol. The Morgan fingerprint density at radius 3 is 2.54 bits per heavy atom. The van der Waals surface area contributed by atoms with Crippen LogP contribution < -0.4 is 15.4 Å². The molecule has 3 aromatic rings. The third kappa shape index (κ3) is 4.83. The van der Waals surface area contributed by atoms with E-state index < -0.39 is 0 Å². The highest BCUT2D eigenvalue weighted by atomic mass is 16.5. The van der Waals surface area contributed by atoms with Crippen LogP contribution in [0.3, 0.4) is 0 Å². The molecule has 1 aromatic heterocycles. The fraction of sp³-hybridized carbons (Fsp3) is 0.211. The minimum atomic E-state index is 0.549. The monoisotopic (exact) mass is 350 g/mol. The largest absolute Gasteiger partial charge is 0.457 e. The van der Waals surface area contributed by atoms with Gasteiger partial charge in [0, 0.05) is 20.6 Å². The second-order valence-electron chi connectivity index (χ2n) is 5.64. The van der Waals surface area contributed by atoms with Crippen molar-refractivity contribution in [2.24, 2.45) is 12.0 Å². The summed E-state index contributed by atoms with van der Waals surface area (Å²) >= 11 is 0. The summed E-state index contributed by atoms with van der Waals surface area (Å²) in [7, 11) is 3.60. The Hall–Kier alpha value is -3.35. The van der Waals surface area contributed by atoms with Gasteiger partial charge in [0.2, 0.25) is 0 Å². The first-order chi connectivity index (χ1) is 12.7. The Balaban J connectivity index is 1.55. The van der Waals surface area contributed by atoms with Crippen LogP contribution in [0.5, 0.6) is 11.5 Å². The molecule has 7 nitrogen and oxygen atoms in total. The summed E-state index contributed by atoms with van der Waals surface area (Å²) in [6.45, 7) is 1.18. The molecule has 0 amide bonds. The van der Waals surface area contributed by atoms with Crippen molar-refractivity contribution >= 4 is 5.96 Å². The fourth-order valence-electron chi connectivity index (χ4n) is 2.39. The van der Waals surface area contributed by atoms with Gasteiger partial charge in [0.25, 0.3) is 0 Å². The van der Waals surface area contributed by atoms with Gasteiger partial charge in [-0.15, -0.1) is 0 Å². The molecule has 0 unspecified atom stereocenters. The number of rotatable bonds is 6. The van der Waals surface area contributed by atoms with E-state index in [0.29, 0.717) is 19.0 Å². The highest BCUT2D eigenvalue weighted by molar-refractivity contribution is 5.79. The molecule has 0 aliphatic rings. The number of hydrogen-bond donors (Lipinski definition) is 2. The number of hydrogen-bond acceptors (Lipinski definition) is 4. The van der Waals surface area contributed by atoms with E-state index in [0.717, 1.165) is 22.9 Å². The minimum absolute atomic E-state index is 0.549. The smallest absolute Gasteiger partial charge is 0.191 e. The van der Waals surface area contributed by atoms with Gasteiger partial charge in [0.1, 0.15) is 23.7 Å². The summed E-state index contributed by atoms with van der Waals surface area (Å²) < 4.78 is 7.60. The molecular weight excluding hydrogens is 328 g/mol. The molecule has 2 aromatic carbocycles. The van der Waals surface area contributed by atoms with Crippen molar-refractivity contribution in [3.05, 3.63) is 72.3 Å². The lowest BCUT2D eigenvalue weighted by molar-refractivity contribution is 0.482. The summed E-state index contributed by atoms with van der Waals surface area (Å²) in [5.41, 5.74) is 1.10. The van der Waals surface area contributed by atoms with Crippen LogP contribution in [-0.2, 0) is 20.1 Å². The predicted octanol–water partition coefficient (Wildman–Crippen LogP) is 2.47. The third-order valence-electron chi connectivity index (χ3n) is 3.78. The van der Waals surface area contributed by atoms with E-state index >= 15 is 0 Å². The van der Waals surface area contributed by atoms with Crippen LogP contribution in [0.25, 0.3) is 0 Å². The Morgan fingerprint density at radius 1 is 1.04 bits per heavy atom. The molecule has 0 saturated heterocycles. The maximum absolute atomic E-state index is 5.87. The molecule has 3 rings (SSSR count). The van der Waals surface area contributed by atoms with Crippen LogP contribution in [0, 0.1) is 0 Å². The quantitative estimate of drug-likeness (QED) is 0.528. The maximum atomic E-state index is 5.87. The third-order valence-corrected chi connectivity index (χ3v) is 3.78. The summed E-state index contributed by atoms with van der Waals surface area (Å²) in [6.07, 6.45) is 1.53. The lowest BCUT2D eigenvalue weighted by Gasteiger charge is -2.12. The van der Waals surface area contributed by atoms with E-state index in [1.165, 1.54) is 6.33 Å². The highest BCUT2D eigenvalue weighted by Crippen LogP contribution is 2.21. The summed E-state index contributed by atoms with van der Waals surface area (Å²) in [5, 5.41) is 10.6. The standard InChI is InChI=1S/C19H22N6O/c1-20-19(22-13-18-23-14-24-25(18)2)21-12-15-7-6-10-17(11-15)26-16-8-4-3-5-9-16/h3-11,14H,12-13H2,1-2H3,(H2,20,21,22). The van der Waals surface area contributed by atoms with Crippen LogP contribution in [0.4, 0.5) is 0 Å². The van der Waals surface area contributed by atoms with Gasteiger partial charge >= 0.3 is 0 Å². The number of benzene rings is 2. The van der Waals surface area contributed by atoms with Gasteiger partial charge in [-0.05, 0) is 29.8 Å². The van der Waals surface area contributed by atoms with Crippen molar-refractivity contribution < 1.29 is 4.74 Å². The zero-order valence-electron chi connectivity index (χ0n) is 14.9. The molecule has 0 radical (unpaired) electrons. The number of aliphatic imine (C=N–C) groups is 1. The minimum Gasteiger partial charge on any atom is -0.457 e. The van der Waals surface area contributed by atoms with Crippen molar-refractivity contribution in [1.82, 2.24) is 25.4 Å². The molecule has 0 saturated carbocycles. The number of para-hydroxylation sites is 1. The van der Waals surface area contributed by atoms with Gasteiger partial charge in [0.15, 0.2) is 5.96 Å². The lowest BCUT2D eigenvalue weighted by atomic mass is 10.2. The van der Waals surface area contributed by atoms with Crippen molar-refractivity contribution in [3.63, 3.8) is 0 Å². The van der Waals surface area contributed by atoms with E-state index in [1.54, 1.807) is 11.7 Å². The summed E-state index contributed by atoms with van der Waals surface area (Å²) in [5.74, 6) is 3.16. The number of nitrogens with one attached hydrogen (secondary N) is 2. The predicted molar refractivity (Wildman–Crippen MR) is 101 cm³/mol. The molecular formula is C19H22N6O. The van der Waals surface area contributed by atoms with E-state index in [-0.39, 0.29) is 0 Å². The maximum Gasteiger partial charge on any atom is 0.191 e. The highest BCUT2D eigenvalue weighted by Gasteiger charge is 2.04. The van der Waals surface area contributed by atoms with Gasteiger partial charge in [-0.2, -0.15) is 5.10 Å². The summed E-state index contributed by atoms with van der Waals surface area (Å²) in [4.78, 5) is 8.41. The molecule has 2 N–H and O–H groups in total. The van der Waals surface area contributed by atoms with Gasteiger partial charge in [-0.1, -0.05) is 30.3 Å². The average Bonchev–Trinajstić information content (AvgIpc) is 3.08. The Morgan fingerprint density at radius 2 is 1.81 bits per heavy atom. The van der Waals surface area contributed by atoms with Crippen LogP contribution in [0.15, 0.2) is 65.9 Å². The normalized spacial score (nSPS) is 11.2. The summed E-state index contributed by atoms with van der Waals surface area (Å²) in [6, 6.07) is 17.7. The lowest BCUT2D eigenvalue weighted by Crippen LogP contribution is -2.36. The van der Waals surface area contributed by atoms with Crippen molar-refractivity contribution in [3.8, 4) is 11.5 Å². The number of nitrogens with zero attached hydrogens (tertiary/aromatic N) is 4. The zero-order chi connectivity index (χ0) is 18.2. The molecule has 0 spiro atoms. The van der Waals surface area contributed by atoms with Gasteiger partial charge in [0.05, 0.1) is 6.54 Å². The first kappa shape index (κ1) is 17.5. The van der Waals surface area contributed by atoms with Crippen LogP contribution in [-0.4, -0.2) is 27.8 Å². The molecule has 0 fully saturated rings. The van der Waals surface area contributed by atoms with Crippen LogP contribution in [0.2, 0.25) is 0 Å². The van der Waals surface area contributed by atoms with E-state index in [2.05, 4.69) is 25.7 Å². The molecule has 26 heavy (non-hydrogen) atoms. The molecule has 0 aliphatic heterocycles. The first-order valence-corrected chi connectivity index (χ1v) is 8.34. The molecule has 134 valence electrons. The van der Waals surface area contributed by atoms with Crippen LogP contribution in [0.1, 0.15) is 11.4 Å². The van der Waals surface area contributed by atoms with E-state index in [4.69, 9.17) is 4.74 Å². The first-order valence-electron chi connectivity index (χ1n) is 8.34. The van der Waals surface area contributed by atoms with E-state index in [9.17, 15) is 0 Å². The SMILES string of the molecule is CN=C(NCc1cccc(Oc2ccccc2)c1)NCc1ncnn1C. The van der Waals surface area contributed by atoms with Crippen LogP contribution >= 0.6 is 0 Å². The van der Waals surface area contributed by atoms with Gasteiger partial charge in [-0.3, -0.25) is 9.67 Å². The Labute approximate surface area is 152 Å². The van der Waals surface area contributed by atoms with Crippen molar-refractivity contribution in [2.75, 3.05) is 7.05 Å². The fourth-order valence-corrected chi connectivity index (χ4v) is 2.39. The second kappa shape index (κ2) is 8.66. The second-order valence-corrected chi connectivity index (χ2v) is 5.64. The molecule has 7 heteroatoms.